The van der Waals surface area contributed by atoms with Crippen LogP contribution in [0.2, 0.25) is 0 Å². The summed E-state index contributed by atoms with van der Waals surface area (Å²) in [5.74, 6) is 0.815. The molecule has 3 rings (SSSR count). The number of alkyl halides is 2. The maximum absolute atomic E-state index is 12.7. The Balaban J connectivity index is 1.60. The quantitative estimate of drug-likeness (QED) is 0.829. The maximum atomic E-state index is 12.7. The minimum absolute atomic E-state index is 0.0254. The van der Waals surface area contributed by atoms with Crippen LogP contribution in [-0.4, -0.2) is 58.5 Å². The summed E-state index contributed by atoms with van der Waals surface area (Å²) in [6.07, 6.45) is 2.42. The van der Waals surface area contributed by atoms with Crippen molar-refractivity contribution in [3.63, 3.8) is 0 Å². The first kappa shape index (κ1) is 19.0. The number of likely N-dealkylation sites (tertiary alicyclic amines) is 1. The lowest BCUT2D eigenvalue weighted by Crippen LogP contribution is -2.36. The van der Waals surface area contributed by atoms with Crippen molar-refractivity contribution in [2.24, 2.45) is 0 Å². The van der Waals surface area contributed by atoms with Crippen molar-refractivity contribution in [1.82, 2.24) is 19.8 Å². The Morgan fingerprint density at radius 1 is 1.44 bits per heavy atom. The van der Waals surface area contributed by atoms with Gasteiger partial charge in [0.25, 0.3) is 5.91 Å². The summed E-state index contributed by atoms with van der Waals surface area (Å²) < 4.78 is 29.1. The van der Waals surface area contributed by atoms with Crippen LogP contribution in [0.15, 0.2) is 36.5 Å². The van der Waals surface area contributed by atoms with E-state index in [9.17, 15) is 13.6 Å². The molecule has 0 spiro atoms. The first-order valence-corrected chi connectivity index (χ1v) is 8.54. The molecule has 144 valence electrons. The molecule has 1 aromatic heterocycles. The number of nitrogen functional groups attached to an aromatic ring is 1. The predicted molar refractivity (Wildman–Crippen MR) is 95.3 cm³/mol. The Kier molecular flexibility index (Phi) is 5.80. The van der Waals surface area contributed by atoms with Crippen LogP contribution in [0.5, 0.6) is 5.75 Å². The lowest BCUT2D eigenvalue weighted by molar-refractivity contribution is -0.0499. The molecule has 2 N–H and O–H groups in total. The van der Waals surface area contributed by atoms with E-state index in [1.165, 1.54) is 18.2 Å². The van der Waals surface area contributed by atoms with E-state index >= 15 is 0 Å². The van der Waals surface area contributed by atoms with Crippen molar-refractivity contribution in [1.29, 1.82) is 0 Å². The summed E-state index contributed by atoms with van der Waals surface area (Å²) in [6.45, 7) is -1.27. The van der Waals surface area contributed by atoms with Crippen molar-refractivity contribution < 1.29 is 18.3 Å². The molecule has 0 bridgehead atoms. The minimum Gasteiger partial charge on any atom is -0.435 e. The van der Waals surface area contributed by atoms with Gasteiger partial charge in [0.15, 0.2) is 0 Å². The number of rotatable bonds is 6. The molecule has 1 aliphatic heterocycles. The lowest BCUT2D eigenvalue weighted by Gasteiger charge is -2.24. The van der Waals surface area contributed by atoms with Gasteiger partial charge in [0.1, 0.15) is 17.4 Å². The van der Waals surface area contributed by atoms with Gasteiger partial charge in [-0.05, 0) is 37.7 Å². The number of ether oxygens (including phenoxy) is 1. The Labute approximate surface area is 155 Å². The molecule has 1 atom stereocenters. The Bertz CT molecular complexity index is 805. The van der Waals surface area contributed by atoms with E-state index in [1.54, 1.807) is 23.2 Å². The van der Waals surface area contributed by atoms with Gasteiger partial charge in [-0.1, -0.05) is 6.07 Å². The molecule has 1 amide bonds. The number of nitrogens with two attached hydrogens (primary N) is 1. The number of halogens is 2. The molecule has 0 aliphatic carbocycles. The Morgan fingerprint density at radius 2 is 2.26 bits per heavy atom. The molecule has 0 unspecified atom stereocenters. The number of amides is 1. The lowest BCUT2D eigenvalue weighted by atomic mass is 10.2. The number of carbonyl (C=O) groups is 1. The third kappa shape index (κ3) is 4.88. The van der Waals surface area contributed by atoms with E-state index in [1.807, 2.05) is 7.05 Å². The zero-order valence-corrected chi connectivity index (χ0v) is 14.9. The van der Waals surface area contributed by atoms with Crippen LogP contribution in [0.4, 0.5) is 14.6 Å². The predicted octanol–water partition coefficient (Wildman–Crippen LogP) is 2.01. The highest BCUT2D eigenvalue weighted by Crippen LogP contribution is 2.21. The number of likely N-dealkylation sites (N-methyl/N-ethyl adjacent to an activating group) is 1. The van der Waals surface area contributed by atoms with Gasteiger partial charge in [0.05, 0.1) is 6.54 Å². The molecule has 1 saturated heterocycles. The van der Waals surface area contributed by atoms with E-state index in [4.69, 9.17) is 5.73 Å². The standard InChI is InChI=1S/C18H21F2N5O2/c1-24(11-16-22-7-5-15(21)23-16)13-6-8-25(10-13)17(26)12-3-2-4-14(9-12)27-18(19)20/h2-5,7,9,13,18H,6,8,10-11H2,1H3,(H2,21,22,23)/t13-/m1/s1. The van der Waals surface area contributed by atoms with Crippen LogP contribution in [0.1, 0.15) is 22.6 Å². The first-order chi connectivity index (χ1) is 12.9. The highest BCUT2D eigenvalue weighted by Gasteiger charge is 2.30. The van der Waals surface area contributed by atoms with Crippen molar-refractivity contribution in [3.8, 4) is 5.75 Å². The Morgan fingerprint density at radius 3 is 3.00 bits per heavy atom. The highest BCUT2D eigenvalue weighted by atomic mass is 19.3. The van der Waals surface area contributed by atoms with Crippen LogP contribution in [0.3, 0.4) is 0 Å². The van der Waals surface area contributed by atoms with Crippen molar-refractivity contribution in [2.45, 2.75) is 25.6 Å². The van der Waals surface area contributed by atoms with Crippen molar-refractivity contribution in [2.75, 3.05) is 25.9 Å². The maximum Gasteiger partial charge on any atom is 0.387 e. The van der Waals surface area contributed by atoms with Crippen molar-refractivity contribution in [3.05, 3.63) is 47.9 Å². The van der Waals surface area contributed by atoms with E-state index in [-0.39, 0.29) is 17.7 Å². The van der Waals surface area contributed by atoms with Crippen LogP contribution in [0, 0.1) is 0 Å². The highest BCUT2D eigenvalue weighted by molar-refractivity contribution is 5.94. The fraction of sp³-hybridized carbons (Fsp3) is 0.389. The molecule has 0 radical (unpaired) electrons. The average Bonchev–Trinajstić information content (AvgIpc) is 3.11. The molecule has 27 heavy (non-hydrogen) atoms. The molecular formula is C18H21F2N5O2. The van der Waals surface area contributed by atoms with Gasteiger partial charge >= 0.3 is 6.61 Å². The second kappa shape index (κ2) is 8.26. The Hall–Kier alpha value is -2.81. The van der Waals surface area contributed by atoms with Gasteiger partial charge < -0.3 is 15.4 Å². The van der Waals surface area contributed by atoms with Gasteiger partial charge in [0, 0.05) is 30.9 Å². The molecule has 1 aliphatic rings. The number of hydrogen-bond donors (Lipinski definition) is 1. The van der Waals surface area contributed by atoms with E-state index in [0.717, 1.165) is 6.42 Å². The SMILES string of the molecule is CN(Cc1nccc(N)n1)[C@@H]1CCN(C(=O)c2cccc(OC(F)F)c2)C1. The zero-order valence-electron chi connectivity index (χ0n) is 14.9. The summed E-state index contributed by atoms with van der Waals surface area (Å²) in [7, 11) is 1.95. The summed E-state index contributed by atoms with van der Waals surface area (Å²) in [6, 6.07) is 7.64. The number of benzene rings is 1. The van der Waals surface area contributed by atoms with E-state index in [0.29, 0.717) is 36.8 Å². The van der Waals surface area contributed by atoms with Gasteiger partial charge in [-0.15, -0.1) is 0 Å². The molecular weight excluding hydrogens is 356 g/mol. The van der Waals surface area contributed by atoms with Gasteiger partial charge in [-0.25, -0.2) is 9.97 Å². The van der Waals surface area contributed by atoms with E-state index < -0.39 is 6.61 Å². The van der Waals surface area contributed by atoms with E-state index in [2.05, 4.69) is 19.6 Å². The first-order valence-electron chi connectivity index (χ1n) is 8.54. The second-order valence-corrected chi connectivity index (χ2v) is 6.41. The van der Waals surface area contributed by atoms with Crippen LogP contribution in [0.25, 0.3) is 0 Å². The van der Waals surface area contributed by atoms with Crippen LogP contribution >= 0.6 is 0 Å². The van der Waals surface area contributed by atoms with Gasteiger partial charge in [0.2, 0.25) is 0 Å². The van der Waals surface area contributed by atoms with Crippen LogP contribution < -0.4 is 10.5 Å². The minimum atomic E-state index is -2.92. The topological polar surface area (TPSA) is 84.6 Å². The third-order valence-corrected chi connectivity index (χ3v) is 4.50. The van der Waals surface area contributed by atoms with Crippen LogP contribution in [-0.2, 0) is 6.54 Å². The smallest absolute Gasteiger partial charge is 0.387 e. The summed E-state index contributed by atoms with van der Waals surface area (Å²) in [5.41, 5.74) is 6.01. The summed E-state index contributed by atoms with van der Waals surface area (Å²) in [5, 5.41) is 0. The fourth-order valence-corrected chi connectivity index (χ4v) is 3.12. The largest absolute Gasteiger partial charge is 0.435 e. The summed E-state index contributed by atoms with van der Waals surface area (Å²) >= 11 is 0. The van der Waals surface area contributed by atoms with Crippen molar-refractivity contribution >= 4 is 11.7 Å². The number of carbonyl (C=O) groups excluding carboxylic acids is 1. The number of nitrogens with zero attached hydrogens (tertiary/aromatic N) is 4. The fourth-order valence-electron chi connectivity index (χ4n) is 3.12. The van der Waals surface area contributed by atoms with Gasteiger partial charge in [-0.3, -0.25) is 9.69 Å². The molecule has 1 aromatic carbocycles. The second-order valence-electron chi connectivity index (χ2n) is 6.41. The molecule has 0 saturated carbocycles. The summed E-state index contributed by atoms with van der Waals surface area (Å²) in [4.78, 5) is 24.9. The van der Waals surface area contributed by atoms with Gasteiger partial charge in [-0.2, -0.15) is 8.78 Å². The zero-order chi connectivity index (χ0) is 19.4. The monoisotopic (exact) mass is 377 g/mol. The molecule has 2 aromatic rings. The third-order valence-electron chi connectivity index (χ3n) is 4.50. The molecule has 7 nitrogen and oxygen atoms in total. The number of hydrogen-bond acceptors (Lipinski definition) is 6. The molecule has 9 heteroatoms. The normalized spacial score (nSPS) is 16.9. The molecule has 1 fully saturated rings. The molecule has 2 heterocycles. The number of anilines is 1. The average molecular weight is 377 g/mol. The number of aromatic nitrogens is 2.